The molecule has 1 fully saturated rings. The van der Waals surface area contributed by atoms with Crippen molar-refractivity contribution in [3.8, 4) is 0 Å². The zero-order valence-corrected chi connectivity index (χ0v) is 12.7. The number of hydrogen-bond donors (Lipinski definition) is 1. The second-order valence-corrected chi connectivity index (χ2v) is 5.61. The number of para-hydroxylation sites is 2. The van der Waals surface area contributed by atoms with Gasteiger partial charge in [-0.3, -0.25) is 0 Å². The third kappa shape index (κ3) is 3.03. The zero-order valence-electron chi connectivity index (χ0n) is 12.7. The fourth-order valence-electron chi connectivity index (χ4n) is 2.88. The van der Waals surface area contributed by atoms with Crippen molar-refractivity contribution < 1.29 is 0 Å². The number of rotatable bonds is 4. The smallest absolute Gasteiger partial charge is 0.0607 e. The van der Waals surface area contributed by atoms with Gasteiger partial charge in [-0.25, -0.2) is 0 Å². The minimum atomic E-state index is 0.601. The molecule has 19 heavy (non-hydrogen) atoms. The number of nitrogens with one attached hydrogen (secondary N) is 1. The maximum atomic E-state index is 3.66. The van der Waals surface area contributed by atoms with Crippen molar-refractivity contribution in [1.82, 2.24) is 5.32 Å². The molecular formula is C16H27N3. The lowest BCUT2D eigenvalue weighted by atomic mass is 10.0. The molecule has 0 bridgehead atoms. The first-order chi connectivity index (χ1) is 9.17. The van der Waals surface area contributed by atoms with Gasteiger partial charge in [-0.05, 0) is 25.0 Å². The molecule has 2 atom stereocenters. The summed E-state index contributed by atoms with van der Waals surface area (Å²) in [5.41, 5.74) is 2.69. The maximum absolute atomic E-state index is 3.66. The van der Waals surface area contributed by atoms with Crippen LogP contribution in [0.1, 0.15) is 26.7 Å². The summed E-state index contributed by atoms with van der Waals surface area (Å²) in [7, 11) is 4.25. The van der Waals surface area contributed by atoms with Gasteiger partial charge in [-0.15, -0.1) is 0 Å². The number of hydrogen-bond acceptors (Lipinski definition) is 3. The van der Waals surface area contributed by atoms with Crippen LogP contribution < -0.4 is 15.1 Å². The van der Waals surface area contributed by atoms with Gasteiger partial charge in [0.05, 0.1) is 11.4 Å². The molecule has 1 N–H and O–H groups in total. The zero-order chi connectivity index (χ0) is 13.8. The van der Waals surface area contributed by atoms with Crippen molar-refractivity contribution in [2.45, 2.75) is 38.8 Å². The number of nitrogens with zero attached hydrogens (tertiary/aromatic N) is 2. The van der Waals surface area contributed by atoms with E-state index in [2.05, 4.69) is 67.3 Å². The molecule has 0 radical (unpaired) electrons. The number of piperazine rings is 1. The topological polar surface area (TPSA) is 18.5 Å². The molecule has 106 valence electrons. The van der Waals surface area contributed by atoms with Crippen LogP contribution in [-0.4, -0.2) is 39.3 Å². The molecule has 2 unspecified atom stereocenters. The highest BCUT2D eigenvalue weighted by atomic mass is 15.3. The summed E-state index contributed by atoms with van der Waals surface area (Å²) in [5.74, 6) is 0. The van der Waals surface area contributed by atoms with Crippen molar-refractivity contribution in [1.29, 1.82) is 0 Å². The molecule has 3 nitrogen and oxygen atoms in total. The van der Waals surface area contributed by atoms with E-state index in [9.17, 15) is 0 Å². The van der Waals surface area contributed by atoms with Gasteiger partial charge < -0.3 is 15.1 Å². The molecule has 1 aliphatic rings. The summed E-state index contributed by atoms with van der Waals surface area (Å²) in [5, 5.41) is 3.66. The Morgan fingerprint density at radius 1 is 1.21 bits per heavy atom. The third-order valence-electron chi connectivity index (χ3n) is 4.14. The predicted octanol–water partition coefficient (Wildman–Crippen LogP) is 2.72. The Bertz CT molecular complexity index is 403. The van der Waals surface area contributed by atoms with Gasteiger partial charge in [0.15, 0.2) is 0 Å². The van der Waals surface area contributed by atoms with E-state index in [1.165, 1.54) is 24.2 Å². The summed E-state index contributed by atoms with van der Waals surface area (Å²) < 4.78 is 0. The fourth-order valence-corrected chi connectivity index (χ4v) is 2.88. The van der Waals surface area contributed by atoms with Gasteiger partial charge in [-0.2, -0.15) is 0 Å². The maximum Gasteiger partial charge on any atom is 0.0607 e. The molecule has 3 heteroatoms. The predicted molar refractivity (Wildman–Crippen MR) is 84.3 cm³/mol. The Labute approximate surface area is 117 Å². The van der Waals surface area contributed by atoms with E-state index in [1.807, 2.05) is 0 Å². The van der Waals surface area contributed by atoms with Gasteiger partial charge in [0, 0.05) is 39.3 Å². The van der Waals surface area contributed by atoms with Gasteiger partial charge in [0.2, 0.25) is 0 Å². The third-order valence-corrected chi connectivity index (χ3v) is 4.14. The van der Waals surface area contributed by atoms with Crippen molar-refractivity contribution in [2.24, 2.45) is 0 Å². The van der Waals surface area contributed by atoms with Gasteiger partial charge in [-0.1, -0.05) is 26.0 Å². The average molecular weight is 261 g/mol. The molecule has 2 rings (SSSR count). The van der Waals surface area contributed by atoms with Crippen molar-refractivity contribution in [3.63, 3.8) is 0 Å². The summed E-state index contributed by atoms with van der Waals surface area (Å²) in [4.78, 5) is 4.81. The van der Waals surface area contributed by atoms with Gasteiger partial charge in [0.1, 0.15) is 0 Å². The minimum Gasteiger partial charge on any atom is -0.376 e. The van der Waals surface area contributed by atoms with Crippen molar-refractivity contribution >= 4 is 11.4 Å². The van der Waals surface area contributed by atoms with Crippen LogP contribution >= 0.6 is 0 Å². The first kappa shape index (κ1) is 14.2. The highest BCUT2D eigenvalue weighted by molar-refractivity contribution is 5.71. The van der Waals surface area contributed by atoms with E-state index >= 15 is 0 Å². The molecule has 1 aromatic rings. The summed E-state index contributed by atoms with van der Waals surface area (Å²) in [6.45, 7) is 6.75. The Kier molecular flexibility index (Phi) is 4.70. The molecule has 0 saturated carbocycles. The van der Waals surface area contributed by atoms with Crippen LogP contribution in [0.4, 0.5) is 11.4 Å². The Morgan fingerprint density at radius 3 is 2.58 bits per heavy atom. The highest BCUT2D eigenvalue weighted by Crippen LogP contribution is 2.31. The lowest BCUT2D eigenvalue weighted by Crippen LogP contribution is -2.56. The second-order valence-electron chi connectivity index (χ2n) is 5.61. The Morgan fingerprint density at radius 2 is 1.95 bits per heavy atom. The largest absolute Gasteiger partial charge is 0.376 e. The van der Waals surface area contributed by atoms with E-state index in [0.717, 1.165) is 13.1 Å². The van der Waals surface area contributed by atoms with Crippen LogP contribution in [0.25, 0.3) is 0 Å². The quantitative estimate of drug-likeness (QED) is 0.899. The molecule has 1 heterocycles. The van der Waals surface area contributed by atoms with Crippen LogP contribution in [-0.2, 0) is 0 Å². The Hall–Kier alpha value is -1.22. The molecule has 0 aliphatic carbocycles. The average Bonchev–Trinajstić information content (AvgIpc) is 2.46. The molecule has 0 aromatic heterocycles. The first-order valence-corrected chi connectivity index (χ1v) is 7.43. The molecule has 1 aromatic carbocycles. The molecular weight excluding hydrogens is 234 g/mol. The van der Waals surface area contributed by atoms with Crippen LogP contribution in [0.5, 0.6) is 0 Å². The van der Waals surface area contributed by atoms with Crippen LogP contribution in [0, 0.1) is 0 Å². The lowest BCUT2D eigenvalue weighted by Gasteiger charge is -2.42. The SMILES string of the molecule is CCC1CN(c2ccccc2N(C)C)C(CC)CN1. The minimum absolute atomic E-state index is 0.601. The van der Waals surface area contributed by atoms with Crippen LogP contribution in [0.15, 0.2) is 24.3 Å². The van der Waals surface area contributed by atoms with E-state index in [-0.39, 0.29) is 0 Å². The Balaban J connectivity index is 2.31. The number of anilines is 2. The van der Waals surface area contributed by atoms with E-state index in [4.69, 9.17) is 0 Å². The number of benzene rings is 1. The monoisotopic (exact) mass is 261 g/mol. The fraction of sp³-hybridized carbons (Fsp3) is 0.625. The van der Waals surface area contributed by atoms with Crippen molar-refractivity contribution in [3.05, 3.63) is 24.3 Å². The van der Waals surface area contributed by atoms with Crippen LogP contribution in [0.3, 0.4) is 0 Å². The van der Waals surface area contributed by atoms with E-state index < -0.39 is 0 Å². The molecule has 0 amide bonds. The normalized spacial score (nSPS) is 23.5. The van der Waals surface area contributed by atoms with Gasteiger partial charge in [0.25, 0.3) is 0 Å². The molecule has 0 spiro atoms. The van der Waals surface area contributed by atoms with Gasteiger partial charge >= 0.3 is 0 Å². The molecule has 1 aliphatic heterocycles. The van der Waals surface area contributed by atoms with Crippen molar-refractivity contribution in [2.75, 3.05) is 37.0 Å². The van der Waals surface area contributed by atoms with Crippen LogP contribution in [0.2, 0.25) is 0 Å². The van der Waals surface area contributed by atoms with E-state index in [1.54, 1.807) is 0 Å². The highest BCUT2D eigenvalue weighted by Gasteiger charge is 2.27. The summed E-state index contributed by atoms with van der Waals surface area (Å²) in [6.07, 6.45) is 2.38. The lowest BCUT2D eigenvalue weighted by molar-refractivity contribution is 0.379. The standard InChI is InChI=1S/C16H27N3/c1-5-13-12-19(14(6-2)11-17-13)16-10-8-7-9-15(16)18(3)4/h7-10,13-14,17H,5-6,11-12H2,1-4H3. The first-order valence-electron chi connectivity index (χ1n) is 7.43. The molecule has 1 saturated heterocycles. The van der Waals surface area contributed by atoms with E-state index in [0.29, 0.717) is 12.1 Å². The second kappa shape index (κ2) is 6.29. The summed E-state index contributed by atoms with van der Waals surface area (Å²) >= 11 is 0. The summed E-state index contributed by atoms with van der Waals surface area (Å²) in [6, 6.07) is 9.96.